The van der Waals surface area contributed by atoms with Crippen LogP contribution in [0.1, 0.15) is 18.1 Å². The Morgan fingerprint density at radius 1 is 1.40 bits per heavy atom. The van der Waals surface area contributed by atoms with Gasteiger partial charge in [-0.05, 0) is 30.2 Å². The number of fused-ring (bicyclic) bond motifs is 2. The zero-order valence-corrected chi connectivity index (χ0v) is 8.71. The van der Waals surface area contributed by atoms with E-state index in [9.17, 15) is 4.79 Å². The van der Waals surface area contributed by atoms with Crippen LogP contribution in [-0.2, 0) is 0 Å². The molecule has 1 aromatic rings. The summed E-state index contributed by atoms with van der Waals surface area (Å²) >= 11 is 0. The molecule has 1 saturated carbocycles. The Balaban J connectivity index is 1.90. The molecule has 0 N–H and O–H groups in total. The van der Waals surface area contributed by atoms with Crippen LogP contribution in [0.2, 0.25) is 0 Å². The molecule has 3 heteroatoms. The molecule has 2 aliphatic carbocycles. The summed E-state index contributed by atoms with van der Waals surface area (Å²) in [4.78, 5) is 12.2. The maximum absolute atomic E-state index is 12.2. The van der Waals surface area contributed by atoms with Crippen LogP contribution >= 0.6 is 0 Å². The van der Waals surface area contributed by atoms with Crippen LogP contribution in [0.15, 0.2) is 30.6 Å². The van der Waals surface area contributed by atoms with Gasteiger partial charge in [0.2, 0.25) is 0 Å². The van der Waals surface area contributed by atoms with Crippen molar-refractivity contribution in [3.63, 3.8) is 0 Å². The van der Waals surface area contributed by atoms with Gasteiger partial charge in [0.15, 0.2) is 0 Å². The molecule has 0 amide bonds. The molecule has 15 heavy (non-hydrogen) atoms. The fourth-order valence-corrected chi connectivity index (χ4v) is 3.03. The average Bonchev–Trinajstić information content (AvgIpc) is 2.93. The van der Waals surface area contributed by atoms with Gasteiger partial charge < -0.3 is 0 Å². The molecule has 0 aromatic carbocycles. The van der Waals surface area contributed by atoms with Gasteiger partial charge in [-0.25, -0.2) is 4.68 Å². The Hall–Kier alpha value is -1.38. The Morgan fingerprint density at radius 3 is 2.80 bits per heavy atom. The minimum absolute atomic E-state index is 0.139. The van der Waals surface area contributed by atoms with Crippen LogP contribution in [0.5, 0.6) is 0 Å². The lowest BCUT2D eigenvalue weighted by Crippen LogP contribution is -2.30. The van der Waals surface area contributed by atoms with Gasteiger partial charge in [0.25, 0.3) is 5.91 Å². The summed E-state index contributed by atoms with van der Waals surface area (Å²) in [7, 11) is 0. The zero-order valence-electron chi connectivity index (χ0n) is 8.71. The summed E-state index contributed by atoms with van der Waals surface area (Å²) in [6.07, 6.45) is 9.02. The van der Waals surface area contributed by atoms with Crippen molar-refractivity contribution in [2.45, 2.75) is 13.3 Å². The van der Waals surface area contributed by atoms with E-state index in [1.807, 2.05) is 0 Å². The third kappa shape index (κ3) is 1.19. The minimum Gasteiger partial charge on any atom is -0.272 e. The highest BCUT2D eigenvalue weighted by Gasteiger charge is 2.46. The fourth-order valence-electron chi connectivity index (χ4n) is 3.03. The Morgan fingerprint density at radius 2 is 2.20 bits per heavy atom. The molecule has 4 atom stereocenters. The Kier molecular flexibility index (Phi) is 1.81. The van der Waals surface area contributed by atoms with Crippen LogP contribution in [0, 0.1) is 23.7 Å². The number of aromatic nitrogens is 2. The highest BCUT2D eigenvalue weighted by molar-refractivity contribution is 5.82. The van der Waals surface area contributed by atoms with E-state index in [2.05, 4.69) is 24.2 Å². The maximum atomic E-state index is 12.2. The first-order valence-electron chi connectivity index (χ1n) is 5.49. The number of hydrogen-bond acceptors (Lipinski definition) is 2. The molecule has 3 rings (SSSR count). The van der Waals surface area contributed by atoms with Gasteiger partial charge in [-0.3, -0.25) is 4.79 Å². The topological polar surface area (TPSA) is 34.9 Å². The van der Waals surface area contributed by atoms with E-state index in [0.29, 0.717) is 17.8 Å². The Labute approximate surface area is 88.8 Å². The number of hydrogen-bond donors (Lipinski definition) is 0. The second kappa shape index (κ2) is 3.05. The number of rotatable bonds is 1. The lowest BCUT2D eigenvalue weighted by atomic mass is 9.84. The average molecular weight is 202 g/mol. The van der Waals surface area contributed by atoms with E-state index >= 15 is 0 Å². The normalized spacial score (nSPS) is 37.4. The van der Waals surface area contributed by atoms with Gasteiger partial charge in [0.05, 0.1) is 0 Å². The lowest BCUT2D eigenvalue weighted by molar-refractivity contribution is 0.0759. The van der Waals surface area contributed by atoms with Crippen LogP contribution < -0.4 is 0 Å². The van der Waals surface area contributed by atoms with Crippen LogP contribution in [0.3, 0.4) is 0 Å². The monoisotopic (exact) mass is 202 g/mol. The van der Waals surface area contributed by atoms with Gasteiger partial charge in [-0.15, -0.1) is 0 Å². The lowest BCUT2D eigenvalue weighted by Gasteiger charge is -2.22. The molecule has 0 aliphatic heterocycles. The standard InChI is InChI=1S/C12H14N2O/c1-8-9-3-4-10(7-9)11(8)12(15)14-6-2-5-13-14/h2-6,8-11H,7H2,1H3/t8-,9+,10-,11?/m1/s1. The third-order valence-electron chi connectivity index (χ3n) is 3.87. The quantitative estimate of drug-likeness (QED) is 0.653. The first-order chi connectivity index (χ1) is 7.27. The molecule has 3 nitrogen and oxygen atoms in total. The van der Waals surface area contributed by atoms with E-state index in [1.165, 1.54) is 4.68 Å². The Bertz CT molecular complexity index is 407. The molecule has 0 radical (unpaired) electrons. The number of carbonyl (C=O) groups excluding carboxylic acids is 1. The largest absolute Gasteiger partial charge is 0.272 e. The molecular formula is C12H14N2O. The number of allylic oxidation sites excluding steroid dienone is 2. The van der Waals surface area contributed by atoms with Gasteiger partial charge >= 0.3 is 0 Å². The molecule has 2 bridgehead atoms. The highest BCUT2D eigenvalue weighted by Crippen LogP contribution is 2.48. The van der Waals surface area contributed by atoms with E-state index in [1.54, 1.807) is 18.5 Å². The molecule has 1 heterocycles. The van der Waals surface area contributed by atoms with Gasteiger partial charge in [0, 0.05) is 18.3 Å². The molecule has 1 fully saturated rings. The molecule has 78 valence electrons. The van der Waals surface area contributed by atoms with Crippen molar-refractivity contribution in [1.29, 1.82) is 0 Å². The van der Waals surface area contributed by atoms with Gasteiger partial charge in [-0.1, -0.05) is 19.1 Å². The summed E-state index contributed by atoms with van der Waals surface area (Å²) < 4.78 is 1.48. The number of carbonyl (C=O) groups is 1. The molecule has 1 aromatic heterocycles. The summed E-state index contributed by atoms with van der Waals surface area (Å²) in [5.74, 6) is 1.82. The van der Waals surface area contributed by atoms with Crippen molar-refractivity contribution in [1.82, 2.24) is 9.78 Å². The summed E-state index contributed by atoms with van der Waals surface area (Å²) in [5, 5.41) is 4.02. The maximum Gasteiger partial charge on any atom is 0.250 e. The number of nitrogens with zero attached hydrogens (tertiary/aromatic N) is 2. The predicted molar refractivity (Wildman–Crippen MR) is 56.2 cm³/mol. The zero-order chi connectivity index (χ0) is 10.4. The second-order valence-electron chi connectivity index (χ2n) is 4.62. The van der Waals surface area contributed by atoms with E-state index < -0.39 is 0 Å². The van der Waals surface area contributed by atoms with Crippen LogP contribution in [0.25, 0.3) is 0 Å². The van der Waals surface area contributed by atoms with Crippen molar-refractivity contribution in [2.75, 3.05) is 0 Å². The van der Waals surface area contributed by atoms with Crippen molar-refractivity contribution in [2.24, 2.45) is 23.7 Å². The predicted octanol–water partition coefficient (Wildman–Crippen LogP) is 1.98. The van der Waals surface area contributed by atoms with Crippen molar-refractivity contribution >= 4 is 5.91 Å². The van der Waals surface area contributed by atoms with Gasteiger partial charge in [0.1, 0.15) is 0 Å². The van der Waals surface area contributed by atoms with Crippen LogP contribution in [0.4, 0.5) is 0 Å². The first kappa shape index (κ1) is 8.89. The SMILES string of the molecule is C[C@H]1C(C(=O)n2cccn2)[C@@H]2C=C[C@H]1C2. The molecular weight excluding hydrogens is 188 g/mol. The molecule has 1 unspecified atom stereocenters. The highest BCUT2D eigenvalue weighted by atomic mass is 16.2. The van der Waals surface area contributed by atoms with Gasteiger partial charge in [-0.2, -0.15) is 5.10 Å². The summed E-state index contributed by atoms with van der Waals surface area (Å²) in [5.41, 5.74) is 0. The molecule has 0 spiro atoms. The third-order valence-corrected chi connectivity index (χ3v) is 3.87. The van der Waals surface area contributed by atoms with E-state index in [4.69, 9.17) is 0 Å². The van der Waals surface area contributed by atoms with Crippen molar-refractivity contribution < 1.29 is 4.79 Å². The van der Waals surface area contributed by atoms with Crippen LogP contribution in [-0.4, -0.2) is 15.7 Å². The van der Waals surface area contributed by atoms with E-state index in [-0.39, 0.29) is 11.8 Å². The first-order valence-corrected chi connectivity index (χ1v) is 5.49. The fraction of sp³-hybridized carbons (Fsp3) is 0.500. The minimum atomic E-state index is 0.139. The molecule has 0 saturated heterocycles. The molecule has 2 aliphatic rings. The second-order valence-corrected chi connectivity index (χ2v) is 4.62. The van der Waals surface area contributed by atoms with Crippen molar-refractivity contribution in [3.05, 3.63) is 30.6 Å². The smallest absolute Gasteiger partial charge is 0.250 e. The summed E-state index contributed by atoms with van der Waals surface area (Å²) in [6, 6.07) is 1.80. The summed E-state index contributed by atoms with van der Waals surface area (Å²) in [6.45, 7) is 2.18. The van der Waals surface area contributed by atoms with Crippen molar-refractivity contribution in [3.8, 4) is 0 Å². The van der Waals surface area contributed by atoms with E-state index in [0.717, 1.165) is 6.42 Å².